The third kappa shape index (κ3) is 2.87. The second kappa shape index (κ2) is 4.72. The summed E-state index contributed by atoms with van der Waals surface area (Å²) >= 11 is 0.779. The van der Waals surface area contributed by atoms with Crippen LogP contribution in [0.25, 0.3) is 0 Å². The van der Waals surface area contributed by atoms with Crippen molar-refractivity contribution >= 4 is 32.5 Å². The molecule has 0 aromatic carbocycles. The monoisotopic (exact) mass is 265 g/mol. The number of carbonyl (C=O) groups excluding carboxylic acids is 1. The van der Waals surface area contributed by atoms with E-state index in [2.05, 4.69) is 20.2 Å². The highest BCUT2D eigenvalue weighted by Gasteiger charge is 2.18. The second-order valence-electron chi connectivity index (χ2n) is 2.91. The van der Waals surface area contributed by atoms with Gasteiger partial charge in [0.15, 0.2) is 0 Å². The summed E-state index contributed by atoms with van der Waals surface area (Å²) in [6, 6.07) is -0.399. The quantitative estimate of drug-likeness (QED) is 0.720. The van der Waals surface area contributed by atoms with E-state index in [1.54, 1.807) is 14.1 Å². The maximum absolute atomic E-state index is 11.3. The Labute approximate surface area is 96.7 Å². The minimum atomic E-state index is -3.60. The predicted molar refractivity (Wildman–Crippen MR) is 58.9 cm³/mol. The van der Waals surface area contributed by atoms with Gasteiger partial charge in [0.25, 0.3) is 10.0 Å². The van der Waals surface area contributed by atoms with Crippen molar-refractivity contribution in [2.45, 2.75) is 4.34 Å². The molecule has 0 unspecified atom stereocenters. The lowest BCUT2D eigenvalue weighted by atomic mass is 10.8. The van der Waals surface area contributed by atoms with Crippen LogP contribution in [0.5, 0.6) is 0 Å². The number of urea groups is 1. The summed E-state index contributed by atoms with van der Waals surface area (Å²) in [6.45, 7) is 0. The van der Waals surface area contributed by atoms with Gasteiger partial charge < -0.3 is 4.90 Å². The summed E-state index contributed by atoms with van der Waals surface area (Å²) in [4.78, 5) is 12.5. The zero-order chi connectivity index (χ0) is 12.3. The van der Waals surface area contributed by atoms with Crippen LogP contribution in [-0.4, -0.2) is 50.7 Å². The molecule has 1 aromatic heterocycles. The molecule has 0 bridgehead atoms. The minimum absolute atomic E-state index is 0.132. The van der Waals surface area contributed by atoms with Gasteiger partial charge in [0, 0.05) is 14.1 Å². The average Bonchev–Trinajstić information content (AvgIpc) is 2.66. The highest BCUT2D eigenvalue weighted by Crippen LogP contribution is 2.19. The molecular formula is C6H11N5O3S2. The Morgan fingerprint density at radius 1 is 1.38 bits per heavy atom. The zero-order valence-electron chi connectivity index (χ0n) is 8.88. The molecule has 1 heterocycles. The molecule has 8 nitrogen and oxygen atoms in total. The lowest BCUT2D eigenvalue weighted by Crippen LogP contribution is -2.27. The van der Waals surface area contributed by atoms with Crippen molar-refractivity contribution in [1.82, 2.24) is 19.8 Å². The van der Waals surface area contributed by atoms with Crippen LogP contribution in [0.2, 0.25) is 0 Å². The first-order valence-electron chi connectivity index (χ1n) is 4.12. The molecule has 0 saturated heterocycles. The Bertz CT molecular complexity index is 480. The van der Waals surface area contributed by atoms with Crippen molar-refractivity contribution in [3.05, 3.63) is 0 Å². The molecule has 0 aliphatic rings. The molecular weight excluding hydrogens is 254 g/mol. The third-order valence-electron chi connectivity index (χ3n) is 1.53. The fourth-order valence-corrected chi connectivity index (χ4v) is 2.38. The summed E-state index contributed by atoms with van der Waals surface area (Å²) in [5, 5.41) is 9.53. The number of hydrogen-bond acceptors (Lipinski definition) is 6. The Hall–Kier alpha value is -1.26. The number of sulfonamides is 1. The number of anilines is 1. The van der Waals surface area contributed by atoms with Gasteiger partial charge in [-0.3, -0.25) is 5.32 Å². The molecule has 0 radical (unpaired) electrons. The summed E-state index contributed by atoms with van der Waals surface area (Å²) in [6.07, 6.45) is 0. The van der Waals surface area contributed by atoms with Crippen LogP contribution in [-0.2, 0) is 10.0 Å². The van der Waals surface area contributed by atoms with Crippen LogP contribution < -0.4 is 10.0 Å². The fourth-order valence-electron chi connectivity index (χ4n) is 0.659. The molecule has 0 atom stereocenters. The van der Waals surface area contributed by atoms with Crippen molar-refractivity contribution in [2.75, 3.05) is 26.5 Å². The molecule has 2 amide bonds. The fraction of sp³-hybridized carbons (Fsp3) is 0.500. The van der Waals surface area contributed by atoms with E-state index in [4.69, 9.17) is 0 Å². The number of amides is 2. The molecule has 1 rings (SSSR count). The van der Waals surface area contributed by atoms with Gasteiger partial charge in [-0.05, 0) is 7.05 Å². The molecule has 0 spiro atoms. The smallest absolute Gasteiger partial charge is 0.323 e. The van der Waals surface area contributed by atoms with E-state index >= 15 is 0 Å². The Kier molecular flexibility index (Phi) is 3.78. The lowest BCUT2D eigenvalue weighted by molar-refractivity contribution is 0.230. The average molecular weight is 265 g/mol. The highest BCUT2D eigenvalue weighted by molar-refractivity contribution is 7.91. The molecule has 0 fully saturated rings. The van der Waals surface area contributed by atoms with Gasteiger partial charge in [-0.1, -0.05) is 11.3 Å². The molecule has 0 aliphatic heterocycles. The van der Waals surface area contributed by atoms with Crippen LogP contribution in [0.4, 0.5) is 9.93 Å². The van der Waals surface area contributed by atoms with Crippen molar-refractivity contribution < 1.29 is 13.2 Å². The molecule has 0 saturated carbocycles. The Balaban J connectivity index is 2.85. The predicted octanol–water partition coefficient (Wildman–Crippen LogP) is -0.460. The maximum Gasteiger partial charge on any atom is 0.323 e. The molecule has 16 heavy (non-hydrogen) atoms. The second-order valence-corrected chi connectivity index (χ2v) is 5.94. The normalized spacial score (nSPS) is 11.2. The lowest BCUT2D eigenvalue weighted by Gasteiger charge is -2.08. The Morgan fingerprint density at radius 2 is 2.00 bits per heavy atom. The largest absolute Gasteiger partial charge is 0.331 e. The standard InChI is InChI=1S/C6H11N5O3S2/c1-7-16(13,14)6-10-9-4(15-6)8-5(12)11(2)3/h7H,1-3H3,(H,8,9,12). The molecule has 10 heteroatoms. The van der Waals surface area contributed by atoms with Crippen molar-refractivity contribution in [3.8, 4) is 0 Å². The molecule has 2 N–H and O–H groups in total. The summed E-state index contributed by atoms with van der Waals surface area (Å²) in [7, 11) is 0.784. The van der Waals surface area contributed by atoms with Crippen LogP contribution in [0.1, 0.15) is 0 Å². The summed E-state index contributed by atoms with van der Waals surface area (Å²) in [5.74, 6) is 0. The first-order chi connectivity index (χ1) is 7.36. The van der Waals surface area contributed by atoms with Gasteiger partial charge in [0.1, 0.15) is 0 Å². The van der Waals surface area contributed by atoms with Gasteiger partial charge in [0.2, 0.25) is 9.47 Å². The van der Waals surface area contributed by atoms with Crippen LogP contribution in [0.15, 0.2) is 4.34 Å². The number of aromatic nitrogens is 2. The molecule has 0 aliphatic carbocycles. The third-order valence-corrected chi connectivity index (χ3v) is 4.15. The van der Waals surface area contributed by atoms with Crippen LogP contribution in [0, 0.1) is 0 Å². The van der Waals surface area contributed by atoms with E-state index in [0.717, 1.165) is 11.3 Å². The molecule has 90 valence electrons. The topological polar surface area (TPSA) is 104 Å². The van der Waals surface area contributed by atoms with Gasteiger partial charge in [-0.2, -0.15) is 0 Å². The number of nitrogens with one attached hydrogen (secondary N) is 2. The van der Waals surface area contributed by atoms with E-state index < -0.39 is 16.1 Å². The van der Waals surface area contributed by atoms with Gasteiger partial charge in [-0.25, -0.2) is 17.9 Å². The van der Waals surface area contributed by atoms with E-state index in [-0.39, 0.29) is 9.47 Å². The van der Waals surface area contributed by atoms with Crippen molar-refractivity contribution in [1.29, 1.82) is 0 Å². The van der Waals surface area contributed by atoms with Crippen LogP contribution in [0.3, 0.4) is 0 Å². The van der Waals surface area contributed by atoms with Gasteiger partial charge in [-0.15, -0.1) is 10.2 Å². The first-order valence-corrected chi connectivity index (χ1v) is 6.42. The molecule has 1 aromatic rings. The van der Waals surface area contributed by atoms with Crippen molar-refractivity contribution in [2.24, 2.45) is 0 Å². The Morgan fingerprint density at radius 3 is 2.50 bits per heavy atom. The van der Waals surface area contributed by atoms with E-state index in [0.29, 0.717) is 0 Å². The van der Waals surface area contributed by atoms with Gasteiger partial charge in [0.05, 0.1) is 0 Å². The van der Waals surface area contributed by atoms with E-state index in [9.17, 15) is 13.2 Å². The maximum atomic E-state index is 11.3. The number of rotatable bonds is 3. The number of hydrogen-bond donors (Lipinski definition) is 2. The van der Waals surface area contributed by atoms with E-state index in [1.165, 1.54) is 11.9 Å². The van der Waals surface area contributed by atoms with Gasteiger partial charge >= 0.3 is 6.03 Å². The summed E-state index contributed by atoms with van der Waals surface area (Å²) < 4.78 is 24.5. The first kappa shape index (κ1) is 12.8. The number of nitrogens with zero attached hydrogens (tertiary/aromatic N) is 3. The van der Waals surface area contributed by atoms with Crippen molar-refractivity contribution in [3.63, 3.8) is 0 Å². The zero-order valence-corrected chi connectivity index (χ0v) is 10.5. The number of carbonyl (C=O) groups is 1. The summed E-state index contributed by atoms with van der Waals surface area (Å²) in [5.41, 5.74) is 0. The highest BCUT2D eigenvalue weighted by atomic mass is 32.2. The minimum Gasteiger partial charge on any atom is -0.331 e. The van der Waals surface area contributed by atoms with Crippen LogP contribution >= 0.6 is 11.3 Å². The van der Waals surface area contributed by atoms with E-state index in [1.807, 2.05) is 0 Å². The SMILES string of the molecule is CNS(=O)(=O)c1nnc(NC(=O)N(C)C)s1.